The topological polar surface area (TPSA) is 114 Å². The maximum atomic E-state index is 16.0. The molecular formula is C33H29Cl5F3N3O6. The summed E-state index contributed by atoms with van der Waals surface area (Å²) in [7, 11) is 0. The summed E-state index contributed by atoms with van der Waals surface area (Å²) in [6.45, 7) is 8.82. The number of benzene rings is 3. The number of amides is 4. The van der Waals surface area contributed by atoms with E-state index in [0.29, 0.717) is 11.6 Å². The Kier molecular flexibility index (Phi) is 11.3. The predicted octanol–water partition coefficient (Wildman–Crippen LogP) is 10.5. The van der Waals surface area contributed by atoms with E-state index in [1.807, 2.05) is 0 Å². The van der Waals surface area contributed by atoms with E-state index in [4.69, 9.17) is 67.5 Å². The monoisotopic (exact) mass is 795 g/mol. The van der Waals surface area contributed by atoms with E-state index in [0.717, 1.165) is 12.1 Å². The lowest BCUT2D eigenvalue weighted by Crippen LogP contribution is -2.44. The molecule has 1 aliphatic rings. The van der Waals surface area contributed by atoms with Gasteiger partial charge in [-0.15, -0.1) is 23.2 Å². The van der Waals surface area contributed by atoms with Gasteiger partial charge in [0.15, 0.2) is 11.6 Å². The number of alkyl halides is 2. The third-order valence-corrected chi connectivity index (χ3v) is 8.84. The van der Waals surface area contributed by atoms with Gasteiger partial charge in [0.2, 0.25) is 5.91 Å². The van der Waals surface area contributed by atoms with Gasteiger partial charge in [0.1, 0.15) is 27.0 Å². The van der Waals surface area contributed by atoms with Gasteiger partial charge in [-0.3, -0.25) is 9.59 Å². The minimum atomic E-state index is -1.59. The van der Waals surface area contributed by atoms with Crippen LogP contribution in [0.4, 0.5) is 39.8 Å². The van der Waals surface area contributed by atoms with Crippen molar-refractivity contribution in [2.24, 2.45) is 5.92 Å². The van der Waals surface area contributed by atoms with Crippen LogP contribution in [0, 0.1) is 23.4 Å². The van der Waals surface area contributed by atoms with Gasteiger partial charge in [0.25, 0.3) is 5.91 Å². The van der Waals surface area contributed by atoms with Crippen LogP contribution in [-0.2, 0) is 14.3 Å². The number of rotatable bonds is 6. The highest BCUT2D eigenvalue weighted by molar-refractivity contribution is 6.53. The van der Waals surface area contributed by atoms with Gasteiger partial charge in [-0.05, 0) is 83.5 Å². The van der Waals surface area contributed by atoms with Crippen LogP contribution < -0.4 is 15.5 Å². The first kappa shape index (κ1) is 39.4. The first-order valence-electron chi connectivity index (χ1n) is 14.6. The third kappa shape index (κ3) is 8.54. The van der Waals surface area contributed by atoms with Crippen molar-refractivity contribution in [1.82, 2.24) is 0 Å². The Hall–Kier alpha value is -3.42. The number of ether oxygens (including phenoxy) is 2. The highest BCUT2D eigenvalue weighted by Gasteiger charge is 2.67. The van der Waals surface area contributed by atoms with Crippen LogP contribution in [0.1, 0.15) is 63.4 Å². The van der Waals surface area contributed by atoms with E-state index < -0.39 is 85.8 Å². The molecule has 4 amide bonds. The molecule has 2 N–H and O–H groups in total. The van der Waals surface area contributed by atoms with E-state index >= 15 is 8.78 Å². The molecule has 1 saturated carbocycles. The molecule has 3 aromatic rings. The largest absolute Gasteiger partial charge is 0.443 e. The zero-order valence-electron chi connectivity index (χ0n) is 27.1. The lowest BCUT2D eigenvalue weighted by atomic mass is 10.1. The molecule has 1 aliphatic carbocycles. The average molecular weight is 798 g/mol. The summed E-state index contributed by atoms with van der Waals surface area (Å²) in [5.74, 6) is -7.24. The van der Waals surface area contributed by atoms with E-state index in [1.165, 1.54) is 65.8 Å². The lowest BCUT2D eigenvalue weighted by Gasteiger charge is -2.29. The zero-order chi connectivity index (χ0) is 37.7. The molecule has 17 heteroatoms. The maximum Gasteiger partial charge on any atom is 0.424 e. The minimum Gasteiger partial charge on any atom is -0.443 e. The smallest absolute Gasteiger partial charge is 0.424 e. The predicted molar refractivity (Wildman–Crippen MR) is 186 cm³/mol. The van der Waals surface area contributed by atoms with Crippen LogP contribution in [0.3, 0.4) is 0 Å². The van der Waals surface area contributed by atoms with Gasteiger partial charge < -0.3 is 20.1 Å². The molecule has 0 saturated heterocycles. The minimum absolute atomic E-state index is 0.0335. The molecule has 2 atom stereocenters. The molecular weight excluding hydrogens is 769 g/mol. The van der Waals surface area contributed by atoms with Crippen molar-refractivity contribution >= 4 is 99.1 Å². The van der Waals surface area contributed by atoms with E-state index in [9.17, 15) is 23.6 Å². The third-order valence-electron chi connectivity index (χ3n) is 6.91. The molecule has 0 radical (unpaired) electrons. The van der Waals surface area contributed by atoms with E-state index in [2.05, 4.69) is 10.6 Å². The molecule has 0 aliphatic heterocycles. The number of nitrogens with zero attached hydrogens (tertiary/aromatic N) is 1. The summed E-state index contributed by atoms with van der Waals surface area (Å²) in [4.78, 5) is 52.9. The number of nitrogens with one attached hydrogen (secondary N) is 2. The SMILES string of the molecule is CC(C)(C)OC(=O)N(C(=O)OC(C)(C)C)c1c(F)ccc(NC(=O)c2c(Cl)ccc(NC(=O)C3C(c4ccc(F)c(Cl)c4)C3(Cl)Cl)c2Cl)c1F. The van der Waals surface area contributed by atoms with Gasteiger partial charge in [0, 0.05) is 5.92 Å². The number of carbonyl (C=O) groups is 4. The summed E-state index contributed by atoms with van der Waals surface area (Å²) < 4.78 is 53.7. The Balaban J connectivity index is 1.64. The second kappa shape index (κ2) is 14.3. The Labute approximate surface area is 310 Å². The fraction of sp³-hybridized carbons (Fsp3) is 0.333. The van der Waals surface area contributed by atoms with E-state index in [-0.39, 0.29) is 25.7 Å². The first-order chi connectivity index (χ1) is 22.9. The number of halogens is 8. The van der Waals surface area contributed by atoms with Gasteiger partial charge >= 0.3 is 12.2 Å². The summed E-state index contributed by atoms with van der Waals surface area (Å²) in [6.07, 6.45) is -2.92. The van der Waals surface area contributed by atoms with Crippen LogP contribution >= 0.6 is 58.0 Å². The Bertz CT molecular complexity index is 1870. The highest BCUT2D eigenvalue weighted by atomic mass is 35.5. The number of hydrogen-bond donors (Lipinski definition) is 2. The van der Waals surface area contributed by atoms with Crippen LogP contribution in [0.25, 0.3) is 0 Å². The molecule has 3 aromatic carbocycles. The van der Waals surface area contributed by atoms with Crippen molar-refractivity contribution in [3.05, 3.63) is 86.1 Å². The highest BCUT2D eigenvalue weighted by Crippen LogP contribution is 2.65. The summed E-state index contributed by atoms with van der Waals surface area (Å²) in [5.41, 5.74) is -4.41. The Morgan fingerprint density at radius 1 is 0.760 bits per heavy atom. The van der Waals surface area contributed by atoms with Crippen LogP contribution in [0.2, 0.25) is 15.1 Å². The lowest BCUT2D eigenvalue weighted by molar-refractivity contribution is -0.117. The van der Waals surface area contributed by atoms with Crippen LogP contribution in [0.5, 0.6) is 0 Å². The summed E-state index contributed by atoms with van der Waals surface area (Å²) >= 11 is 31.4. The first-order valence-corrected chi connectivity index (χ1v) is 16.5. The van der Waals surface area contributed by atoms with E-state index in [1.54, 1.807) is 0 Å². The molecule has 268 valence electrons. The second-order valence-electron chi connectivity index (χ2n) is 13.1. The van der Waals surface area contributed by atoms with Crippen molar-refractivity contribution in [2.75, 3.05) is 15.5 Å². The van der Waals surface area contributed by atoms with Gasteiger partial charge in [-0.1, -0.05) is 40.9 Å². The molecule has 4 rings (SSSR count). The standard InChI is InChI=1S/C33H29Cl5F3N3O6/c1-31(2,3)49-29(47)44(30(48)50-32(4,5)6)26-18(40)10-12-20(25(26)41)43-27(45)21-15(34)8-11-19(24(21)36)42-28(46)23-22(33(23,37)38)14-7-9-17(39)16(35)13-14/h7-13,22-23H,1-6H3,(H,42,46)(H,43,45). The summed E-state index contributed by atoms with van der Waals surface area (Å²) in [5, 5.41) is 3.91. The van der Waals surface area contributed by atoms with Crippen molar-refractivity contribution in [2.45, 2.75) is 63.0 Å². The fourth-order valence-electron chi connectivity index (χ4n) is 4.74. The molecule has 2 unspecified atom stereocenters. The molecule has 0 heterocycles. The Morgan fingerprint density at radius 3 is 1.84 bits per heavy atom. The molecule has 50 heavy (non-hydrogen) atoms. The quantitative estimate of drug-likeness (QED) is 0.240. The molecule has 0 bridgehead atoms. The number of imide groups is 1. The van der Waals surface area contributed by atoms with Crippen molar-refractivity contribution < 1.29 is 41.8 Å². The van der Waals surface area contributed by atoms with Crippen molar-refractivity contribution in [1.29, 1.82) is 0 Å². The normalized spacial score (nSPS) is 16.7. The fourth-order valence-corrected chi connectivity index (χ4v) is 6.35. The van der Waals surface area contributed by atoms with Gasteiger partial charge in [0.05, 0.1) is 37.9 Å². The molecule has 0 spiro atoms. The maximum absolute atomic E-state index is 16.0. The zero-order valence-corrected chi connectivity index (χ0v) is 30.9. The molecule has 0 aromatic heterocycles. The van der Waals surface area contributed by atoms with Crippen LogP contribution in [-0.4, -0.2) is 39.5 Å². The second-order valence-corrected chi connectivity index (χ2v) is 15.7. The number of anilines is 3. The average Bonchev–Trinajstić information content (AvgIpc) is 3.55. The van der Waals surface area contributed by atoms with Crippen molar-refractivity contribution in [3.8, 4) is 0 Å². The van der Waals surface area contributed by atoms with Gasteiger partial charge in [-0.2, -0.15) is 4.90 Å². The molecule has 1 fully saturated rings. The van der Waals surface area contributed by atoms with Crippen LogP contribution in [0.15, 0.2) is 42.5 Å². The van der Waals surface area contributed by atoms with Gasteiger partial charge in [-0.25, -0.2) is 22.8 Å². The number of hydrogen-bond acceptors (Lipinski definition) is 6. The number of carbonyl (C=O) groups excluding carboxylic acids is 4. The van der Waals surface area contributed by atoms with Crippen molar-refractivity contribution in [3.63, 3.8) is 0 Å². The molecule has 9 nitrogen and oxygen atoms in total. The Morgan fingerprint density at radius 2 is 1.30 bits per heavy atom. The summed E-state index contributed by atoms with van der Waals surface area (Å²) in [6, 6.07) is 7.82.